The highest BCUT2D eigenvalue weighted by atomic mass is 32.2. The average molecular weight is 235 g/mol. The first-order valence-corrected chi connectivity index (χ1v) is 5.22. The molecule has 0 saturated carbocycles. The Morgan fingerprint density at radius 2 is 2.27 bits per heavy atom. The molecule has 15 heavy (non-hydrogen) atoms. The molecule has 0 saturated heterocycles. The van der Waals surface area contributed by atoms with E-state index in [0.29, 0.717) is 17.3 Å². The lowest BCUT2D eigenvalue weighted by Crippen LogP contribution is -2.08. The predicted octanol–water partition coefficient (Wildman–Crippen LogP) is 2.84. The maximum Gasteiger partial charge on any atom is 0.389 e. The van der Waals surface area contributed by atoms with Crippen LogP contribution in [-0.4, -0.2) is 16.9 Å². The summed E-state index contributed by atoms with van der Waals surface area (Å²) in [6.07, 6.45) is 1.44. The van der Waals surface area contributed by atoms with Crippen molar-refractivity contribution in [3.8, 4) is 12.3 Å². The lowest BCUT2D eigenvalue weighted by molar-refractivity contribution is -0.129. The summed E-state index contributed by atoms with van der Waals surface area (Å²) >= 11 is 1.11. The van der Waals surface area contributed by atoms with E-state index in [2.05, 4.69) is 10.9 Å². The quantitative estimate of drug-likeness (QED) is 0.593. The van der Waals surface area contributed by atoms with E-state index >= 15 is 0 Å². The monoisotopic (exact) mass is 235 g/mol. The molecule has 1 heterocycles. The van der Waals surface area contributed by atoms with Crippen molar-refractivity contribution in [2.45, 2.75) is 18.3 Å². The van der Waals surface area contributed by atoms with Gasteiger partial charge < -0.3 is 4.42 Å². The first-order chi connectivity index (χ1) is 7.01. The summed E-state index contributed by atoms with van der Waals surface area (Å²) in [5.41, 5.74) is 0.362. The summed E-state index contributed by atoms with van der Waals surface area (Å²) in [6, 6.07) is 0. The van der Waals surface area contributed by atoms with Gasteiger partial charge in [-0.05, 0) is 5.92 Å². The third-order valence-corrected chi connectivity index (χ3v) is 2.40. The average Bonchev–Trinajstić information content (AvgIpc) is 2.59. The van der Waals surface area contributed by atoms with Crippen molar-refractivity contribution in [3.05, 3.63) is 17.8 Å². The molecule has 0 aromatic carbocycles. The molecule has 0 spiro atoms. The van der Waals surface area contributed by atoms with E-state index in [0.717, 1.165) is 11.8 Å². The van der Waals surface area contributed by atoms with Crippen LogP contribution < -0.4 is 0 Å². The Labute approximate surface area is 89.3 Å². The van der Waals surface area contributed by atoms with Crippen molar-refractivity contribution < 1.29 is 17.6 Å². The molecule has 6 heteroatoms. The zero-order valence-electron chi connectivity index (χ0n) is 7.67. The van der Waals surface area contributed by atoms with E-state index < -0.39 is 12.6 Å². The van der Waals surface area contributed by atoms with Gasteiger partial charge in [-0.3, -0.25) is 0 Å². The number of hydrogen-bond acceptors (Lipinski definition) is 3. The minimum atomic E-state index is -4.10. The normalized spacial score (nSPS) is 11.3. The fourth-order valence-corrected chi connectivity index (χ4v) is 1.62. The van der Waals surface area contributed by atoms with E-state index in [9.17, 15) is 13.2 Å². The number of aromatic nitrogens is 1. The van der Waals surface area contributed by atoms with E-state index in [1.54, 1.807) is 0 Å². The van der Waals surface area contributed by atoms with Crippen LogP contribution in [0.25, 0.3) is 0 Å². The van der Waals surface area contributed by atoms with Crippen LogP contribution in [0.1, 0.15) is 18.0 Å². The number of alkyl halides is 3. The molecular weight excluding hydrogens is 227 g/mol. The molecule has 0 radical (unpaired) electrons. The Bertz CT molecular complexity index is 353. The van der Waals surface area contributed by atoms with Gasteiger partial charge in [-0.25, -0.2) is 4.98 Å². The van der Waals surface area contributed by atoms with Crippen LogP contribution in [0.3, 0.4) is 0 Å². The van der Waals surface area contributed by atoms with Gasteiger partial charge in [-0.1, -0.05) is 0 Å². The lowest BCUT2D eigenvalue weighted by atomic mass is 10.5. The summed E-state index contributed by atoms with van der Waals surface area (Å²) in [7, 11) is 0. The Morgan fingerprint density at radius 1 is 1.53 bits per heavy atom. The molecule has 0 aliphatic heterocycles. The largest absolute Gasteiger partial charge is 0.447 e. The SMILES string of the molecule is C#Cc1coc(CSCCC(F)(F)F)n1. The van der Waals surface area contributed by atoms with Gasteiger partial charge in [0.2, 0.25) is 5.89 Å². The number of oxazole rings is 1. The van der Waals surface area contributed by atoms with Crippen LogP contribution in [-0.2, 0) is 5.75 Å². The molecule has 0 amide bonds. The zero-order valence-corrected chi connectivity index (χ0v) is 8.49. The van der Waals surface area contributed by atoms with E-state index in [4.69, 9.17) is 10.8 Å². The van der Waals surface area contributed by atoms with Crippen LogP contribution in [0.5, 0.6) is 0 Å². The van der Waals surface area contributed by atoms with Gasteiger partial charge in [0.25, 0.3) is 0 Å². The molecule has 0 fully saturated rings. The van der Waals surface area contributed by atoms with Gasteiger partial charge in [-0.15, -0.1) is 6.42 Å². The summed E-state index contributed by atoms with van der Waals surface area (Å²) in [6.45, 7) is 0. The first-order valence-electron chi connectivity index (χ1n) is 4.07. The number of hydrogen-bond donors (Lipinski definition) is 0. The highest BCUT2D eigenvalue weighted by molar-refractivity contribution is 7.98. The number of nitrogens with zero attached hydrogens (tertiary/aromatic N) is 1. The highest BCUT2D eigenvalue weighted by Gasteiger charge is 2.26. The Hall–Kier alpha value is -1.09. The molecule has 0 aliphatic rings. The van der Waals surface area contributed by atoms with Crippen molar-refractivity contribution in [1.29, 1.82) is 0 Å². The second kappa shape index (κ2) is 5.12. The third kappa shape index (κ3) is 4.79. The summed E-state index contributed by atoms with van der Waals surface area (Å²) < 4.78 is 40.2. The second-order valence-electron chi connectivity index (χ2n) is 2.69. The second-order valence-corrected chi connectivity index (χ2v) is 3.79. The molecular formula is C9H8F3NOS. The Balaban J connectivity index is 2.24. The molecule has 1 rings (SSSR count). The first kappa shape index (κ1) is 12.0. The number of terminal acetylenes is 1. The highest BCUT2D eigenvalue weighted by Crippen LogP contribution is 2.23. The van der Waals surface area contributed by atoms with Crippen LogP contribution in [0.2, 0.25) is 0 Å². The van der Waals surface area contributed by atoms with Crippen molar-refractivity contribution in [2.75, 3.05) is 5.75 Å². The Kier molecular flexibility index (Phi) is 4.09. The number of halogens is 3. The number of rotatable bonds is 4. The molecule has 0 atom stereocenters. The van der Waals surface area contributed by atoms with Crippen LogP contribution in [0, 0.1) is 12.3 Å². The smallest absolute Gasteiger partial charge is 0.389 e. The topological polar surface area (TPSA) is 26.0 Å². The minimum Gasteiger partial charge on any atom is -0.447 e. The van der Waals surface area contributed by atoms with Gasteiger partial charge in [0.05, 0.1) is 12.2 Å². The number of thioether (sulfide) groups is 1. The van der Waals surface area contributed by atoms with Gasteiger partial charge in [0.1, 0.15) is 6.26 Å². The molecule has 82 valence electrons. The van der Waals surface area contributed by atoms with Crippen molar-refractivity contribution >= 4 is 11.8 Å². The van der Waals surface area contributed by atoms with Crippen molar-refractivity contribution in [1.82, 2.24) is 4.98 Å². The standard InChI is InChI=1S/C9H8F3NOS/c1-2-7-5-14-8(13-7)6-15-4-3-9(10,11)12/h1,5H,3-4,6H2. The fourth-order valence-electron chi connectivity index (χ4n) is 0.791. The van der Waals surface area contributed by atoms with E-state index in [1.807, 2.05) is 0 Å². The van der Waals surface area contributed by atoms with Gasteiger partial charge in [0.15, 0.2) is 5.69 Å². The van der Waals surface area contributed by atoms with Crippen molar-refractivity contribution in [2.24, 2.45) is 0 Å². The van der Waals surface area contributed by atoms with E-state index in [1.165, 1.54) is 6.26 Å². The molecule has 1 aromatic rings. The van der Waals surface area contributed by atoms with Gasteiger partial charge >= 0.3 is 6.18 Å². The lowest BCUT2D eigenvalue weighted by Gasteiger charge is -2.03. The summed E-state index contributed by atoms with van der Waals surface area (Å²) in [4.78, 5) is 3.86. The summed E-state index contributed by atoms with van der Waals surface area (Å²) in [5.74, 6) is 2.93. The molecule has 0 N–H and O–H groups in total. The third-order valence-electron chi connectivity index (χ3n) is 1.46. The molecule has 2 nitrogen and oxygen atoms in total. The van der Waals surface area contributed by atoms with Crippen LogP contribution in [0.4, 0.5) is 13.2 Å². The zero-order chi connectivity index (χ0) is 11.3. The molecule has 1 aromatic heterocycles. The van der Waals surface area contributed by atoms with Gasteiger partial charge in [-0.2, -0.15) is 24.9 Å². The fraction of sp³-hybridized carbons (Fsp3) is 0.444. The molecule has 0 unspecified atom stereocenters. The van der Waals surface area contributed by atoms with Crippen molar-refractivity contribution in [3.63, 3.8) is 0 Å². The Morgan fingerprint density at radius 3 is 2.80 bits per heavy atom. The van der Waals surface area contributed by atoms with Gasteiger partial charge in [0, 0.05) is 5.75 Å². The maximum absolute atomic E-state index is 11.8. The van der Waals surface area contributed by atoms with E-state index in [-0.39, 0.29) is 5.75 Å². The van der Waals surface area contributed by atoms with Crippen LogP contribution >= 0.6 is 11.8 Å². The van der Waals surface area contributed by atoms with Crippen LogP contribution in [0.15, 0.2) is 10.7 Å². The minimum absolute atomic E-state index is 0.00271. The maximum atomic E-state index is 11.8. The molecule has 0 aliphatic carbocycles. The molecule has 0 bridgehead atoms. The summed E-state index contributed by atoms with van der Waals surface area (Å²) in [5, 5.41) is 0. The predicted molar refractivity (Wildman–Crippen MR) is 51.3 cm³/mol.